The normalized spacial score (nSPS) is 12.4. The van der Waals surface area contributed by atoms with Gasteiger partial charge in [0.25, 0.3) is 10.1 Å². The van der Waals surface area contributed by atoms with Gasteiger partial charge in [0.15, 0.2) is 22.2 Å². The van der Waals surface area contributed by atoms with Crippen molar-refractivity contribution in [3.05, 3.63) is 47.5 Å². The molecule has 2 rings (SSSR count). The van der Waals surface area contributed by atoms with E-state index in [2.05, 4.69) is 24.9 Å². The van der Waals surface area contributed by atoms with E-state index in [1.54, 1.807) is 26.0 Å². The molecule has 0 saturated carbocycles. The summed E-state index contributed by atoms with van der Waals surface area (Å²) in [5, 5.41) is 22.2. The van der Waals surface area contributed by atoms with E-state index >= 15 is 0 Å². The molecule has 0 spiro atoms. The second kappa shape index (κ2) is 11.7. The van der Waals surface area contributed by atoms with Crippen LogP contribution >= 0.6 is 12.3 Å². The summed E-state index contributed by atoms with van der Waals surface area (Å²) in [5.41, 5.74) is 2.91. The molecule has 0 bridgehead atoms. The van der Waals surface area contributed by atoms with Gasteiger partial charge in [-0.25, -0.2) is 13.7 Å². The number of hydrogen-bond donors (Lipinski definition) is 3. The van der Waals surface area contributed by atoms with Gasteiger partial charge in [0.05, 0.1) is 28.6 Å². The van der Waals surface area contributed by atoms with Crippen molar-refractivity contribution >= 4 is 49.3 Å². The maximum Gasteiger partial charge on any atom is 0.283 e. The number of anilines is 1. The summed E-state index contributed by atoms with van der Waals surface area (Å²) < 4.78 is 63.9. The van der Waals surface area contributed by atoms with Gasteiger partial charge in [0.1, 0.15) is 5.88 Å². The zero-order chi connectivity index (χ0) is 23.8. The lowest BCUT2D eigenvalue weighted by molar-refractivity contribution is -0.434. The van der Waals surface area contributed by atoms with E-state index in [0.717, 1.165) is 0 Å². The third-order valence-electron chi connectivity index (χ3n) is 4.00. The number of nitrogens with one attached hydrogen (secondary N) is 1. The first kappa shape index (κ1) is 26.1. The quantitative estimate of drug-likeness (QED) is 0.0953. The fraction of sp³-hybridized carbons (Fsp3) is 0.294. The number of aryl methyl sites for hydroxylation is 2. The van der Waals surface area contributed by atoms with Crippen molar-refractivity contribution in [1.82, 2.24) is 0 Å². The molecule has 15 heteroatoms. The average Bonchev–Trinajstić information content (AvgIpc) is 2.72. The lowest BCUT2D eigenvalue weighted by Crippen LogP contribution is -2.13. The Hall–Kier alpha value is -2.11. The van der Waals surface area contributed by atoms with Gasteiger partial charge < -0.3 is 5.32 Å². The first-order valence-electron chi connectivity index (χ1n) is 8.83. The molecule has 0 heterocycles. The number of azo groups is 1. The summed E-state index contributed by atoms with van der Waals surface area (Å²) in [7, 11) is -7.76. The Morgan fingerprint density at radius 1 is 1.03 bits per heavy atom. The molecule has 0 aliphatic carbocycles. The van der Waals surface area contributed by atoms with Gasteiger partial charge in [0.2, 0.25) is 0 Å². The van der Waals surface area contributed by atoms with E-state index in [-0.39, 0.29) is 17.3 Å². The molecule has 0 saturated heterocycles. The number of sulfone groups is 1. The molecular weight excluding hydrogens is 486 g/mol. The van der Waals surface area contributed by atoms with Gasteiger partial charge >= 0.3 is 0 Å². The molecule has 0 atom stereocenters. The van der Waals surface area contributed by atoms with Crippen LogP contribution in [0, 0.1) is 13.8 Å². The zero-order valence-corrected chi connectivity index (χ0v) is 19.4. The van der Waals surface area contributed by atoms with Crippen LogP contribution in [0.2, 0.25) is 0 Å². The topological polar surface area (TPSA) is 173 Å². The highest BCUT2D eigenvalue weighted by atomic mass is 32.2. The highest BCUT2D eigenvalue weighted by molar-refractivity contribution is 7.91. The molecule has 2 aromatic rings. The summed E-state index contributed by atoms with van der Waals surface area (Å²) in [6, 6.07) is 9.17. The van der Waals surface area contributed by atoms with Crippen LogP contribution in [0.4, 0.5) is 17.1 Å². The standard InChI is InChI=1S/C17H21N3O9S3/c1-12-10-17(13(2)9-16(12)18-11-32(24,25)26)20-19-14-3-5-15(6-4-14)31(22,23)8-7-27-30-29-28-21/h3-6,9-10,18,21H,7-8,11H2,1-2H3,(H,24,25,26)/b20-19+. The Labute approximate surface area is 189 Å². The molecule has 0 aromatic heterocycles. The van der Waals surface area contributed by atoms with Crippen LogP contribution in [0.15, 0.2) is 51.5 Å². The Kier molecular flexibility index (Phi) is 9.53. The fourth-order valence-electron chi connectivity index (χ4n) is 2.43. The molecular formula is C17H21N3O9S3. The Morgan fingerprint density at radius 3 is 2.34 bits per heavy atom. The summed E-state index contributed by atoms with van der Waals surface area (Å²) in [4.78, 5) is 0.0747. The molecule has 0 aliphatic rings. The molecule has 0 aliphatic heterocycles. The van der Waals surface area contributed by atoms with E-state index in [0.29, 0.717) is 40.5 Å². The molecule has 0 radical (unpaired) electrons. The highest BCUT2D eigenvalue weighted by Gasteiger charge is 2.14. The van der Waals surface area contributed by atoms with Crippen molar-refractivity contribution in [2.45, 2.75) is 18.7 Å². The Bertz CT molecular complexity index is 1150. The van der Waals surface area contributed by atoms with Crippen LogP contribution in [0.1, 0.15) is 11.1 Å². The average molecular weight is 508 g/mol. The van der Waals surface area contributed by atoms with Crippen LogP contribution in [0.3, 0.4) is 0 Å². The first-order valence-corrected chi connectivity index (χ1v) is 12.8. The number of benzene rings is 2. The minimum Gasteiger partial charge on any atom is -0.369 e. The van der Waals surface area contributed by atoms with Crippen LogP contribution in [-0.2, 0) is 33.5 Å². The first-order chi connectivity index (χ1) is 15.0. The monoisotopic (exact) mass is 507 g/mol. The highest BCUT2D eigenvalue weighted by Crippen LogP contribution is 2.28. The largest absolute Gasteiger partial charge is 0.369 e. The summed E-state index contributed by atoms with van der Waals surface area (Å²) >= 11 is 0.297. The van der Waals surface area contributed by atoms with E-state index < -0.39 is 25.8 Å². The van der Waals surface area contributed by atoms with E-state index in [1.165, 1.54) is 24.3 Å². The van der Waals surface area contributed by atoms with Crippen molar-refractivity contribution in [3.8, 4) is 0 Å². The summed E-state index contributed by atoms with van der Waals surface area (Å²) in [6.45, 7) is 3.32. The second-order valence-electron chi connectivity index (χ2n) is 6.40. The third-order valence-corrected chi connectivity index (χ3v) is 6.58. The molecule has 176 valence electrons. The van der Waals surface area contributed by atoms with Gasteiger partial charge in [-0.3, -0.25) is 8.74 Å². The number of rotatable bonds is 12. The van der Waals surface area contributed by atoms with Gasteiger partial charge in [0, 0.05) is 5.69 Å². The van der Waals surface area contributed by atoms with Crippen LogP contribution in [-0.4, -0.2) is 44.9 Å². The molecule has 0 unspecified atom stereocenters. The predicted octanol–water partition coefficient (Wildman–Crippen LogP) is 3.75. The summed E-state index contributed by atoms with van der Waals surface area (Å²) in [6.07, 6.45) is 0. The van der Waals surface area contributed by atoms with E-state index in [9.17, 15) is 16.8 Å². The fourth-order valence-corrected chi connectivity index (χ4v) is 4.18. The second-order valence-corrected chi connectivity index (χ2v) is 10.5. The van der Waals surface area contributed by atoms with E-state index in [4.69, 9.17) is 14.0 Å². The lowest BCUT2D eigenvalue weighted by Gasteiger charge is -2.10. The van der Waals surface area contributed by atoms with Crippen molar-refractivity contribution in [3.63, 3.8) is 0 Å². The minimum atomic E-state index is -4.16. The molecule has 12 nitrogen and oxygen atoms in total. The van der Waals surface area contributed by atoms with Crippen LogP contribution in [0.5, 0.6) is 0 Å². The van der Waals surface area contributed by atoms with Crippen molar-refractivity contribution in [2.75, 3.05) is 23.6 Å². The number of nitrogens with zero attached hydrogens (tertiary/aromatic N) is 2. The zero-order valence-electron chi connectivity index (χ0n) is 17.0. The van der Waals surface area contributed by atoms with Gasteiger partial charge in [-0.05, 0) is 61.4 Å². The smallest absolute Gasteiger partial charge is 0.283 e. The minimum absolute atomic E-state index is 0.0747. The molecule has 32 heavy (non-hydrogen) atoms. The van der Waals surface area contributed by atoms with Crippen LogP contribution in [0.25, 0.3) is 0 Å². The Balaban J connectivity index is 2.05. The number of hydrogen-bond acceptors (Lipinski definition) is 12. The maximum absolute atomic E-state index is 12.3. The van der Waals surface area contributed by atoms with Crippen molar-refractivity contribution in [1.29, 1.82) is 0 Å². The predicted molar refractivity (Wildman–Crippen MR) is 117 cm³/mol. The van der Waals surface area contributed by atoms with Gasteiger partial charge in [-0.15, -0.1) is 4.33 Å². The van der Waals surface area contributed by atoms with Gasteiger partial charge in [-0.1, -0.05) is 5.04 Å². The van der Waals surface area contributed by atoms with E-state index in [1.807, 2.05) is 0 Å². The molecule has 0 fully saturated rings. The molecule has 3 N–H and O–H groups in total. The third kappa shape index (κ3) is 8.44. The Morgan fingerprint density at radius 2 is 1.72 bits per heavy atom. The molecule has 2 aromatic carbocycles. The van der Waals surface area contributed by atoms with Crippen molar-refractivity contribution in [2.24, 2.45) is 10.2 Å². The van der Waals surface area contributed by atoms with Crippen LogP contribution < -0.4 is 5.32 Å². The lowest BCUT2D eigenvalue weighted by atomic mass is 10.1. The van der Waals surface area contributed by atoms with Gasteiger partial charge in [-0.2, -0.15) is 18.6 Å². The molecule has 0 amide bonds. The maximum atomic E-state index is 12.3. The van der Waals surface area contributed by atoms with Crippen molar-refractivity contribution < 1.29 is 40.2 Å². The summed E-state index contributed by atoms with van der Waals surface area (Å²) in [5.74, 6) is -0.925. The SMILES string of the molecule is Cc1cc(NCS(=O)(=O)O)c(C)cc1/N=N/c1ccc(S(=O)(=O)CCOSOOO)cc1.